The molecule has 2 aromatic rings. The van der Waals surface area contributed by atoms with E-state index in [0.717, 1.165) is 23.5 Å². The Labute approximate surface area is 103 Å². The molecule has 0 amide bonds. The summed E-state index contributed by atoms with van der Waals surface area (Å²) < 4.78 is 2.01. The maximum atomic E-state index is 11.1. The molecule has 2 atom stereocenters. The summed E-state index contributed by atoms with van der Waals surface area (Å²) in [6.45, 7) is 0. The third kappa shape index (κ3) is 1.67. The SMILES string of the molecule is O=C(O)C1CCC1n1ccnc1-c1cccs1. The van der Waals surface area contributed by atoms with Crippen LogP contribution in [0.15, 0.2) is 29.9 Å². The molecule has 0 bridgehead atoms. The molecular formula is C12H12N2O2S. The molecule has 2 heterocycles. The van der Waals surface area contributed by atoms with Gasteiger partial charge in [0.25, 0.3) is 0 Å². The van der Waals surface area contributed by atoms with Crippen molar-refractivity contribution >= 4 is 17.3 Å². The van der Waals surface area contributed by atoms with Crippen molar-refractivity contribution < 1.29 is 9.90 Å². The molecule has 0 spiro atoms. The van der Waals surface area contributed by atoms with E-state index in [1.165, 1.54) is 0 Å². The first kappa shape index (κ1) is 10.5. The Bertz CT molecular complexity index is 532. The average molecular weight is 248 g/mol. The van der Waals surface area contributed by atoms with Gasteiger partial charge in [0, 0.05) is 18.4 Å². The van der Waals surface area contributed by atoms with Gasteiger partial charge in [0.1, 0.15) is 5.82 Å². The van der Waals surface area contributed by atoms with Crippen LogP contribution in [0.1, 0.15) is 18.9 Å². The maximum absolute atomic E-state index is 11.1. The molecule has 2 aromatic heterocycles. The number of aromatic nitrogens is 2. The van der Waals surface area contributed by atoms with Crippen LogP contribution in [0.4, 0.5) is 0 Å². The molecule has 1 aliphatic rings. The predicted molar refractivity (Wildman–Crippen MR) is 64.9 cm³/mol. The number of carbonyl (C=O) groups is 1. The molecule has 0 aromatic carbocycles. The van der Waals surface area contributed by atoms with Gasteiger partial charge in [0.15, 0.2) is 0 Å². The Hall–Kier alpha value is -1.62. The highest BCUT2D eigenvalue weighted by Crippen LogP contribution is 2.41. The molecule has 2 unspecified atom stereocenters. The minimum Gasteiger partial charge on any atom is -0.481 e. The molecule has 4 nitrogen and oxygen atoms in total. The molecular weight excluding hydrogens is 236 g/mol. The first-order chi connectivity index (χ1) is 8.27. The number of rotatable bonds is 3. The van der Waals surface area contributed by atoms with Gasteiger partial charge in [-0.1, -0.05) is 6.07 Å². The van der Waals surface area contributed by atoms with Crippen LogP contribution in [-0.4, -0.2) is 20.6 Å². The minimum atomic E-state index is -0.702. The van der Waals surface area contributed by atoms with Crippen molar-refractivity contribution in [2.45, 2.75) is 18.9 Å². The van der Waals surface area contributed by atoms with Crippen LogP contribution in [0, 0.1) is 5.92 Å². The number of hydrogen-bond donors (Lipinski definition) is 1. The van der Waals surface area contributed by atoms with Gasteiger partial charge in [0.05, 0.1) is 10.8 Å². The smallest absolute Gasteiger partial charge is 0.308 e. The van der Waals surface area contributed by atoms with Crippen molar-refractivity contribution in [3.63, 3.8) is 0 Å². The molecule has 1 fully saturated rings. The van der Waals surface area contributed by atoms with Crippen molar-refractivity contribution in [1.82, 2.24) is 9.55 Å². The highest BCUT2D eigenvalue weighted by molar-refractivity contribution is 7.13. The molecule has 0 saturated heterocycles. The van der Waals surface area contributed by atoms with Crippen molar-refractivity contribution in [2.75, 3.05) is 0 Å². The highest BCUT2D eigenvalue weighted by atomic mass is 32.1. The summed E-state index contributed by atoms with van der Waals surface area (Å²) in [5.41, 5.74) is 0. The third-order valence-electron chi connectivity index (χ3n) is 3.32. The number of aliphatic carboxylic acids is 1. The van der Waals surface area contributed by atoms with Crippen LogP contribution in [0.2, 0.25) is 0 Å². The topological polar surface area (TPSA) is 55.1 Å². The zero-order valence-corrected chi connectivity index (χ0v) is 9.93. The van der Waals surface area contributed by atoms with Crippen molar-refractivity contribution in [3.8, 4) is 10.7 Å². The van der Waals surface area contributed by atoms with E-state index in [4.69, 9.17) is 5.11 Å². The van der Waals surface area contributed by atoms with E-state index < -0.39 is 5.97 Å². The molecule has 0 radical (unpaired) electrons. The number of nitrogens with zero attached hydrogens (tertiary/aromatic N) is 2. The van der Waals surface area contributed by atoms with Crippen LogP contribution in [0.5, 0.6) is 0 Å². The summed E-state index contributed by atoms with van der Waals surface area (Å²) in [6, 6.07) is 4.05. The standard InChI is InChI=1S/C12H12N2O2S/c15-12(16)8-3-4-9(8)14-6-5-13-11(14)10-2-1-7-17-10/h1-2,5-9H,3-4H2,(H,15,16). The maximum Gasteiger partial charge on any atom is 0.308 e. The van der Waals surface area contributed by atoms with Crippen molar-refractivity contribution in [3.05, 3.63) is 29.9 Å². The lowest BCUT2D eigenvalue weighted by molar-refractivity contribution is -0.147. The lowest BCUT2D eigenvalue weighted by atomic mass is 9.79. The van der Waals surface area contributed by atoms with Gasteiger partial charge in [-0.05, 0) is 24.3 Å². The Morgan fingerprint density at radius 3 is 3.00 bits per heavy atom. The molecule has 5 heteroatoms. The van der Waals surface area contributed by atoms with Gasteiger partial charge in [-0.2, -0.15) is 0 Å². The molecule has 0 aliphatic heterocycles. The van der Waals surface area contributed by atoms with Crippen LogP contribution in [0.3, 0.4) is 0 Å². The second kappa shape index (κ2) is 4.00. The number of carboxylic acid groups (broad SMARTS) is 1. The van der Waals surface area contributed by atoms with Gasteiger partial charge >= 0.3 is 5.97 Å². The molecule has 3 rings (SSSR count). The molecule has 1 aliphatic carbocycles. The second-order valence-electron chi connectivity index (χ2n) is 4.22. The number of thiophene rings is 1. The number of imidazole rings is 1. The van der Waals surface area contributed by atoms with Gasteiger partial charge in [-0.15, -0.1) is 11.3 Å². The van der Waals surface area contributed by atoms with Gasteiger partial charge in [-0.3, -0.25) is 4.79 Å². The van der Waals surface area contributed by atoms with E-state index in [9.17, 15) is 4.79 Å². The summed E-state index contributed by atoms with van der Waals surface area (Å²) in [7, 11) is 0. The van der Waals surface area contributed by atoms with E-state index in [2.05, 4.69) is 4.98 Å². The Morgan fingerprint density at radius 2 is 2.41 bits per heavy atom. The van der Waals surface area contributed by atoms with E-state index in [1.54, 1.807) is 17.5 Å². The lowest BCUT2D eigenvalue weighted by Gasteiger charge is -2.35. The summed E-state index contributed by atoms with van der Waals surface area (Å²) in [6.07, 6.45) is 5.31. The Kier molecular flexibility index (Phi) is 2.48. The predicted octanol–water partition coefficient (Wildman–Crippen LogP) is 2.65. The normalized spacial score (nSPS) is 23.3. The highest BCUT2D eigenvalue weighted by Gasteiger charge is 2.38. The number of carboxylic acids is 1. The molecule has 17 heavy (non-hydrogen) atoms. The van der Waals surface area contributed by atoms with Crippen molar-refractivity contribution in [2.24, 2.45) is 5.92 Å². The van der Waals surface area contributed by atoms with Crippen LogP contribution >= 0.6 is 11.3 Å². The zero-order valence-electron chi connectivity index (χ0n) is 9.11. The quantitative estimate of drug-likeness (QED) is 0.908. The van der Waals surface area contributed by atoms with E-state index in [1.807, 2.05) is 28.3 Å². The fourth-order valence-corrected chi connectivity index (χ4v) is 3.01. The Morgan fingerprint density at radius 1 is 1.53 bits per heavy atom. The fraction of sp³-hybridized carbons (Fsp3) is 0.333. The Balaban J connectivity index is 1.95. The van der Waals surface area contributed by atoms with E-state index >= 15 is 0 Å². The summed E-state index contributed by atoms with van der Waals surface area (Å²) in [4.78, 5) is 16.5. The van der Waals surface area contributed by atoms with Gasteiger partial charge in [-0.25, -0.2) is 4.98 Å². The van der Waals surface area contributed by atoms with Crippen molar-refractivity contribution in [1.29, 1.82) is 0 Å². The number of hydrogen-bond acceptors (Lipinski definition) is 3. The monoisotopic (exact) mass is 248 g/mol. The minimum absolute atomic E-state index is 0.0621. The van der Waals surface area contributed by atoms with Gasteiger partial charge in [0.2, 0.25) is 0 Å². The zero-order chi connectivity index (χ0) is 11.8. The van der Waals surface area contributed by atoms with Crippen LogP contribution < -0.4 is 0 Å². The largest absolute Gasteiger partial charge is 0.481 e. The fourth-order valence-electron chi connectivity index (χ4n) is 2.28. The third-order valence-corrected chi connectivity index (χ3v) is 4.19. The average Bonchev–Trinajstić information content (AvgIpc) is 2.82. The summed E-state index contributed by atoms with van der Waals surface area (Å²) in [5.74, 6) is -0.0778. The van der Waals surface area contributed by atoms with Crippen LogP contribution in [-0.2, 0) is 4.79 Å². The molecule has 1 saturated carbocycles. The summed E-state index contributed by atoms with van der Waals surface area (Å²) in [5, 5.41) is 11.1. The van der Waals surface area contributed by atoms with Gasteiger partial charge < -0.3 is 9.67 Å². The second-order valence-corrected chi connectivity index (χ2v) is 5.17. The van der Waals surface area contributed by atoms with E-state index in [0.29, 0.717) is 0 Å². The molecule has 1 N–H and O–H groups in total. The van der Waals surface area contributed by atoms with E-state index in [-0.39, 0.29) is 12.0 Å². The first-order valence-corrected chi connectivity index (χ1v) is 6.45. The van der Waals surface area contributed by atoms with Crippen LogP contribution in [0.25, 0.3) is 10.7 Å². The first-order valence-electron chi connectivity index (χ1n) is 5.57. The molecule has 88 valence electrons. The lowest BCUT2D eigenvalue weighted by Crippen LogP contribution is -2.34. The summed E-state index contributed by atoms with van der Waals surface area (Å²) >= 11 is 1.63.